The highest BCUT2D eigenvalue weighted by Gasteiger charge is 2.19. The van der Waals surface area contributed by atoms with Crippen LogP contribution in [0.3, 0.4) is 0 Å². The molecule has 1 aliphatic rings. The molecule has 0 aromatic heterocycles. The molecule has 1 aromatic carbocycles. The van der Waals surface area contributed by atoms with Gasteiger partial charge in [0, 0.05) is 11.4 Å². The number of amides is 1. The van der Waals surface area contributed by atoms with Gasteiger partial charge in [0.25, 0.3) is 0 Å². The van der Waals surface area contributed by atoms with Gasteiger partial charge in [-0.15, -0.1) is 0 Å². The molecule has 1 fully saturated rings. The topological polar surface area (TPSA) is 49.3 Å². The van der Waals surface area contributed by atoms with Crippen molar-refractivity contribution in [1.82, 2.24) is 5.32 Å². The van der Waals surface area contributed by atoms with E-state index in [1.54, 1.807) is 12.1 Å². The summed E-state index contributed by atoms with van der Waals surface area (Å²) in [5.41, 5.74) is 0.879. The van der Waals surface area contributed by atoms with Gasteiger partial charge in [-0.2, -0.15) is 11.8 Å². The Morgan fingerprint density at radius 2 is 2.00 bits per heavy atom. The molecule has 0 aliphatic carbocycles. The van der Waals surface area contributed by atoms with Gasteiger partial charge in [0.15, 0.2) is 0 Å². The van der Waals surface area contributed by atoms with Crippen LogP contribution < -0.4 is 5.32 Å². The second-order valence-electron chi connectivity index (χ2n) is 5.11. The Labute approximate surface area is 129 Å². The van der Waals surface area contributed by atoms with Crippen molar-refractivity contribution in [2.75, 3.05) is 18.1 Å². The van der Waals surface area contributed by atoms with Crippen LogP contribution in [0.1, 0.15) is 30.9 Å². The smallest absolute Gasteiger partial charge is 0.220 e. The van der Waals surface area contributed by atoms with Gasteiger partial charge in [0.2, 0.25) is 5.91 Å². The minimum absolute atomic E-state index is 0.0240. The number of aliphatic hydroxyl groups is 1. The Bertz CT molecular complexity index is 432. The Morgan fingerprint density at radius 3 is 2.60 bits per heavy atom. The van der Waals surface area contributed by atoms with Crippen molar-refractivity contribution in [3.05, 3.63) is 34.9 Å². The van der Waals surface area contributed by atoms with E-state index in [2.05, 4.69) is 5.32 Å². The SMILES string of the molecule is O=C(CC1CCSCC1)NC(CO)c1ccc(Cl)cc1. The summed E-state index contributed by atoms with van der Waals surface area (Å²) in [5, 5.41) is 13.0. The second-order valence-corrected chi connectivity index (χ2v) is 6.78. The molecule has 0 saturated carbocycles. The van der Waals surface area contributed by atoms with Gasteiger partial charge in [-0.3, -0.25) is 4.79 Å². The number of thioether (sulfide) groups is 1. The molecule has 20 heavy (non-hydrogen) atoms. The van der Waals surface area contributed by atoms with Gasteiger partial charge in [0.05, 0.1) is 12.6 Å². The van der Waals surface area contributed by atoms with Gasteiger partial charge < -0.3 is 10.4 Å². The Morgan fingerprint density at radius 1 is 1.35 bits per heavy atom. The van der Waals surface area contributed by atoms with Crippen LogP contribution in [0.2, 0.25) is 5.02 Å². The minimum Gasteiger partial charge on any atom is -0.394 e. The first kappa shape index (κ1) is 15.7. The average molecular weight is 314 g/mol. The lowest BCUT2D eigenvalue weighted by molar-refractivity contribution is -0.123. The highest BCUT2D eigenvalue weighted by atomic mass is 35.5. The summed E-state index contributed by atoms with van der Waals surface area (Å²) in [7, 11) is 0. The molecule has 1 heterocycles. The number of hydrogen-bond acceptors (Lipinski definition) is 3. The first-order chi connectivity index (χ1) is 9.69. The van der Waals surface area contributed by atoms with Crippen molar-refractivity contribution in [1.29, 1.82) is 0 Å². The maximum absolute atomic E-state index is 12.1. The van der Waals surface area contributed by atoms with Gasteiger partial charge in [-0.05, 0) is 48.0 Å². The van der Waals surface area contributed by atoms with Gasteiger partial charge in [-0.1, -0.05) is 23.7 Å². The summed E-state index contributed by atoms with van der Waals surface area (Å²) < 4.78 is 0. The van der Waals surface area contributed by atoms with E-state index < -0.39 is 0 Å². The number of hydrogen-bond donors (Lipinski definition) is 2. The summed E-state index contributed by atoms with van der Waals surface area (Å²) in [5.74, 6) is 2.81. The summed E-state index contributed by atoms with van der Waals surface area (Å²) >= 11 is 7.80. The molecule has 1 aliphatic heterocycles. The van der Waals surface area contributed by atoms with Crippen molar-refractivity contribution in [3.8, 4) is 0 Å². The number of aliphatic hydroxyl groups excluding tert-OH is 1. The van der Waals surface area contributed by atoms with Crippen molar-refractivity contribution in [2.24, 2.45) is 5.92 Å². The number of halogens is 1. The van der Waals surface area contributed by atoms with Crippen LogP contribution in [0.15, 0.2) is 24.3 Å². The Hall–Kier alpha value is -0.710. The summed E-state index contributed by atoms with van der Waals surface area (Å²) in [6, 6.07) is 6.85. The average Bonchev–Trinajstić information content (AvgIpc) is 2.47. The van der Waals surface area contributed by atoms with Crippen molar-refractivity contribution in [3.63, 3.8) is 0 Å². The molecular weight excluding hydrogens is 294 g/mol. The maximum Gasteiger partial charge on any atom is 0.220 e. The van der Waals surface area contributed by atoms with Crippen LogP contribution in [0, 0.1) is 5.92 Å². The predicted molar refractivity (Wildman–Crippen MR) is 84.1 cm³/mol. The molecule has 1 saturated heterocycles. The zero-order valence-electron chi connectivity index (χ0n) is 11.3. The van der Waals surface area contributed by atoms with Gasteiger partial charge in [-0.25, -0.2) is 0 Å². The minimum atomic E-state index is -0.349. The molecule has 2 N–H and O–H groups in total. The fourth-order valence-electron chi connectivity index (χ4n) is 2.40. The summed E-state index contributed by atoms with van der Waals surface area (Å²) in [6.07, 6.45) is 2.79. The summed E-state index contributed by atoms with van der Waals surface area (Å²) in [4.78, 5) is 12.1. The zero-order valence-corrected chi connectivity index (χ0v) is 12.9. The maximum atomic E-state index is 12.1. The number of carbonyl (C=O) groups excluding carboxylic acids is 1. The number of rotatable bonds is 5. The fraction of sp³-hybridized carbons (Fsp3) is 0.533. The fourth-order valence-corrected chi connectivity index (χ4v) is 3.73. The first-order valence-corrected chi connectivity index (χ1v) is 8.45. The lowest BCUT2D eigenvalue weighted by atomic mass is 9.98. The lowest BCUT2D eigenvalue weighted by Crippen LogP contribution is -2.32. The molecule has 1 atom stereocenters. The standard InChI is InChI=1S/C15H20ClNO2S/c16-13-3-1-12(2-4-13)14(10-18)17-15(19)9-11-5-7-20-8-6-11/h1-4,11,14,18H,5-10H2,(H,17,19). The molecule has 1 unspecified atom stereocenters. The Kier molecular flexibility index (Phi) is 6.20. The van der Waals surface area contributed by atoms with E-state index in [1.807, 2.05) is 23.9 Å². The number of benzene rings is 1. The molecule has 3 nitrogen and oxygen atoms in total. The molecule has 0 bridgehead atoms. The van der Waals surface area contributed by atoms with Crippen molar-refractivity contribution in [2.45, 2.75) is 25.3 Å². The van der Waals surface area contributed by atoms with Crippen molar-refractivity contribution >= 4 is 29.3 Å². The Balaban J connectivity index is 1.88. The van der Waals surface area contributed by atoms with Gasteiger partial charge in [0.1, 0.15) is 0 Å². The van der Waals surface area contributed by atoms with E-state index in [0.29, 0.717) is 17.4 Å². The van der Waals surface area contributed by atoms with Crippen LogP contribution in [-0.4, -0.2) is 29.1 Å². The molecule has 0 spiro atoms. The number of nitrogens with one attached hydrogen (secondary N) is 1. The number of carbonyl (C=O) groups is 1. The van der Waals surface area contributed by atoms with Crippen molar-refractivity contribution < 1.29 is 9.90 Å². The van der Waals surface area contributed by atoms with E-state index in [0.717, 1.165) is 29.9 Å². The molecule has 1 aromatic rings. The van der Waals surface area contributed by atoms with E-state index in [4.69, 9.17) is 11.6 Å². The quantitative estimate of drug-likeness (QED) is 0.878. The largest absolute Gasteiger partial charge is 0.394 e. The third-order valence-electron chi connectivity index (χ3n) is 3.61. The van der Waals surface area contributed by atoms with Gasteiger partial charge >= 0.3 is 0 Å². The highest BCUT2D eigenvalue weighted by Crippen LogP contribution is 2.25. The van der Waals surface area contributed by atoms with Crippen LogP contribution in [0.25, 0.3) is 0 Å². The van der Waals surface area contributed by atoms with E-state index in [1.165, 1.54) is 0 Å². The van der Waals surface area contributed by atoms with E-state index in [9.17, 15) is 9.90 Å². The third kappa shape index (κ3) is 4.69. The summed E-state index contributed by atoms with van der Waals surface area (Å²) in [6.45, 7) is -0.103. The van der Waals surface area contributed by atoms with Crippen LogP contribution >= 0.6 is 23.4 Å². The van der Waals surface area contributed by atoms with E-state index in [-0.39, 0.29) is 18.6 Å². The normalized spacial score (nSPS) is 17.7. The monoisotopic (exact) mass is 313 g/mol. The predicted octanol–water partition coefficient (Wildman–Crippen LogP) is 3.02. The molecule has 110 valence electrons. The van der Waals surface area contributed by atoms with Crippen LogP contribution in [0.4, 0.5) is 0 Å². The molecule has 2 rings (SSSR count). The first-order valence-electron chi connectivity index (χ1n) is 6.92. The molecule has 5 heteroatoms. The van der Waals surface area contributed by atoms with Crippen LogP contribution in [0.5, 0.6) is 0 Å². The van der Waals surface area contributed by atoms with E-state index >= 15 is 0 Å². The highest BCUT2D eigenvalue weighted by molar-refractivity contribution is 7.99. The molecule has 0 radical (unpaired) electrons. The zero-order chi connectivity index (χ0) is 14.4. The molecular formula is C15H20ClNO2S. The molecule has 1 amide bonds. The van der Waals surface area contributed by atoms with Crippen LogP contribution in [-0.2, 0) is 4.79 Å². The second kappa shape index (κ2) is 7.91. The third-order valence-corrected chi connectivity index (χ3v) is 4.91. The lowest BCUT2D eigenvalue weighted by Gasteiger charge is -2.22.